The number of para-hydroxylation sites is 1. The van der Waals surface area contributed by atoms with Gasteiger partial charge >= 0.3 is 0 Å². The minimum atomic E-state index is -0.425. The van der Waals surface area contributed by atoms with Gasteiger partial charge in [-0.3, -0.25) is 20.3 Å². The minimum Gasteiger partial charge on any atom is -0.295 e. The van der Waals surface area contributed by atoms with Crippen LogP contribution in [-0.4, -0.2) is 16.3 Å². The van der Waals surface area contributed by atoms with E-state index in [0.29, 0.717) is 5.56 Å². The molecule has 0 radical (unpaired) electrons. The molecule has 0 atom stereocenters. The first-order valence-corrected chi connectivity index (χ1v) is 6.69. The van der Waals surface area contributed by atoms with Crippen molar-refractivity contribution < 1.29 is 4.79 Å². The molecule has 0 aliphatic carbocycles. The molecular formula is C17H15N3O. The first-order valence-electron chi connectivity index (χ1n) is 6.69. The van der Waals surface area contributed by atoms with Gasteiger partial charge in [0.1, 0.15) is 5.71 Å². The highest BCUT2D eigenvalue weighted by Gasteiger charge is 2.14. The van der Waals surface area contributed by atoms with E-state index in [4.69, 9.17) is 5.41 Å². The Morgan fingerprint density at radius 1 is 1.05 bits per heavy atom. The Hall–Kier alpha value is -2.88. The van der Waals surface area contributed by atoms with Gasteiger partial charge in [0.15, 0.2) is 0 Å². The molecule has 0 aliphatic heterocycles. The first-order chi connectivity index (χ1) is 10.2. The summed E-state index contributed by atoms with van der Waals surface area (Å²) in [5.74, 6) is -0.425. The summed E-state index contributed by atoms with van der Waals surface area (Å²) >= 11 is 0. The summed E-state index contributed by atoms with van der Waals surface area (Å²) in [7, 11) is 0. The van der Waals surface area contributed by atoms with Crippen LogP contribution >= 0.6 is 0 Å². The van der Waals surface area contributed by atoms with E-state index < -0.39 is 5.91 Å². The van der Waals surface area contributed by atoms with Gasteiger partial charge < -0.3 is 0 Å². The molecule has 1 amide bonds. The van der Waals surface area contributed by atoms with Crippen molar-refractivity contribution in [3.8, 4) is 0 Å². The standard InChI is InChI=1S/C17H15N3O/c1-12-11-14-9-5-6-10-15(14)20(12)19-17(21)16(18)13-7-3-2-4-8-13/h2-11,18H,1H3,(H,19,21). The topological polar surface area (TPSA) is 57.9 Å². The van der Waals surface area contributed by atoms with Crippen molar-refractivity contribution in [1.82, 2.24) is 4.68 Å². The molecule has 3 aromatic rings. The number of aryl methyl sites for hydroxylation is 1. The predicted octanol–water partition coefficient (Wildman–Crippen LogP) is 3.09. The van der Waals surface area contributed by atoms with Crippen LogP contribution in [0.1, 0.15) is 11.3 Å². The molecule has 2 aromatic carbocycles. The van der Waals surface area contributed by atoms with E-state index in [1.165, 1.54) is 0 Å². The Bertz CT molecular complexity index is 818. The first kappa shape index (κ1) is 13.1. The third kappa shape index (κ3) is 2.43. The van der Waals surface area contributed by atoms with Crippen molar-refractivity contribution in [2.75, 3.05) is 5.43 Å². The summed E-state index contributed by atoms with van der Waals surface area (Å²) in [6.07, 6.45) is 0. The predicted molar refractivity (Wildman–Crippen MR) is 84.3 cm³/mol. The van der Waals surface area contributed by atoms with Gasteiger partial charge in [-0.15, -0.1) is 0 Å². The van der Waals surface area contributed by atoms with Crippen LogP contribution < -0.4 is 5.43 Å². The number of carbonyl (C=O) groups is 1. The molecule has 104 valence electrons. The Morgan fingerprint density at radius 2 is 1.71 bits per heavy atom. The van der Waals surface area contributed by atoms with Crippen molar-refractivity contribution in [1.29, 1.82) is 5.41 Å². The number of benzene rings is 2. The van der Waals surface area contributed by atoms with Crippen molar-refractivity contribution in [3.05, 3.63) is 71.9 Å². The molecule has 1 heterocycles. The summed E-state index contributed by atoms with van der Waals surface area (Å²) < 4.78 is 1.72. The minimum absolute atomic E-state index is 0.0484. The van der Waals surface area contributed by atoms with Crippen molar-refractivity contribution in [3.63, 3.8) is 0 Å². The van der Waals surface area contributed by atoms with Crippen molar-refractivity contribution >= 4 is 22.5 Å². The molecule has 21 heavy (non-hydrogen) atoms. The molecule has 0 saturated carbocycles. The van der Waals surface area contributed by atoms with Gasteiger partial charge in [0, 0.05) is 16.6 Å². The van der Waals surface area contributed by atoms with Gasteiger partial charge in [0.2, 0.25) is 0 Å². The summed E-state index contributed by atoms with van der Waals surface area (Å²) in [5, 5.41) is 9.05. The molecule has 4 nitrogen and oxygen atoms in total. The molecule has 1 aromatic heterocycles. The van der Waals surface area contributed by atoms with Crippen molar-refractivity contribution in [2.24, 2.45) is 0 Å². The van der Waals surface area contributed by atoms with Gasteiger partial charge in [0.25, 0.3) is 5.91 Å². The molecule has 0 spiro atoms. The van der Waals surface area contributed by atoms with Crippen LogP contribution in [0.2, 0.25) is 0 Å². The van der Waals surface area contributed by atoms with Gasteiger partial charge in [-0.25, -0.2) is 0 Å². The Kier molecular flexibility index (Phi) is 3.28. The second-order valence-electron chi connectivity index (χ2n) is 4.86. The Balaban J connectivity index is 1.90. The molecule has 2 N–H and O–H groups in total. The normalized spacial score (nSPS) is 10.5. The van der Waals surface area contributed by atoms with Crippen LogP contribution in [0, 0.1) is 12.3 Å². The zero-order valence-electron chi connectivity index (χ0n) is 11.6. The fraction of sp³-hybridized carbons (Fsp3) is 0.0588. The Labute approximate surface area is 122 Å². The number of rotatable bonds is 3. The lowest BCUT2D eigenvalue weighted by molar-refractivity contribution is -0.111. The number of fused-ring (bicyclic) bond motifs is 1. The maximum Gasteiger partial charge on any atom is 0.288 e. The second kappa shape index (κ2) is 5.25. The van der Waals surface area contributed by atoms with Gasteiger partial charge in [-0.05, 0) is 19.1 Å². The van der Waals surface area contributed by atoms with Gasteiger partial charge in [-0.1, -0.05) is 48.5 Å². The van der Waals surface area contributed by atoms with Crippen LogP contribution in [0.15, 0.2) is 60.7 Å². The van der Waals surface area contributed by atoms with E-state index in [1.54, 1.807) is 16.8 Å². The molecule has 0 bridgehead atoms. The molecule has 0 fully saturated rings. The van der Waals surface area contributed by atoms with E-state index in [-0.39, 0.29) is 5.71 Å². The highest BCUT2D eigenvalue weighted by Crippen LogP contribution is 2.17. The molecule has 3 rings (SSSR count). The zero-order valence-corrected chi connectivity index (χ0v) is 11.6. The zero-order chi connectivity index (χ0) is 14.8. The Morgan fingerprint density at radius 3 is 2.48 bits per heavy atom. The largest absolute Gasteiger partial charge is 0.295 e. The van der Waals surface area contributed by atoms with E-state index in [1.807, 2.05) is 55.5 Å². The average molecular weight is 277 g/mol. The van der Waals surface area contributed by atoms with E-state index in [9.17, 15) is 4.79 Å². The monoisotopic (exact) mass is 277 g/mol. The fourth-order valence-corrected chi connectivity index (χ4v) is 2.33. The number of carbonyl (C=O) groups excluding carboxylic acids is 1. The van der Waals surface area contributed by atoms with E-state index >= 15 is 0 Å². The molecule has 0 unspecified atom stereocenters. The van der Waals surface area contributed by atoms with E-state index in [2.05, 4.69) is 5.43 Å². The SMILES string of the molecule is Cc1cc2ccccc2n1NC(=O)C(=N)c1ccccc1. The van der Waals surface area contributed by atoms with Gasteiger partial charge in [0.05, 0.1) is 5.52 Å². The number of nitrogens with one attached hydrogen (secondary N) is 2. The number of aromatic nitrogens is 1. The third-order valence-corrected chi connectivity index (χ3v) is 3.40. The lowest BCUT2D eigenvalue weighted by atomic mass is 10.1. The van der Waals surface area contributed by atoms with Crippen molar-refractivity contribution in [2.45, 2.75) is 6.92 Å². The van der Waals surface area contributed by atoms with Crippen LogP contribution in [0.5, 0.6) is 0 Å². The summed E-state index contributed by atoms with van der Waals surface area (Å²) in [6, 6.07) is 18.8. The molecular weight excluding hydrogens is 262 g/mol. The van der Waals surface area contributed by atoms with E-state index in [0.717, 1.165) is 16.6 Å². The lowest BCUT2D eigenvalue weighted by Gasteiger charge is -2.11. The van der Waals surface area contributed by atoms with Crippen LogP contribution in [0.4, 0.5) is 0 Å². The van der Waals surface area contributed by atoms with Crippen LogP contribution in [0.25, 0.3) is 10.9 Å². The summed E-state index contributed by atoms with van der Waals surface area (Å²) in [5.41, 5.74) is 5.18. The number of amides is 1. The van der Waals surface area contributed by atoms with Crippen LogP contribution in [0.3, 0.4) is 0 Å². The summed E-state index contributed by atoms with van der Waals surface area (Å²) in [6.45, 7) is 1.92. The average Bonchev–Trinajstić information content (AvgIpc) is 2.83. The second-order valence-corrected chi connectivity index (χ2v) is 4.86. The number of hydrogen-bond acceptors (Lipinski definition) is 2. The number of nitrogens with zero attached hydrogens (tertiary/aromatic N) is 1. The molecule has 0 aliphatic rings. The fourth-order valence-electron chi connectivity index (χ4n) is 2.33. The highest BCUT2D eigenvalue weighted by atomic mass is 16.2. The third-order valence-electron chi connectivity index (χ3n) is 3.40. The molecule has 0 saturated heterocycles. The summed E-state index contributed by atoms with van der Waals surface area (Å²) in [4.78, 5) is 12.3. The number of hydrogen-bond donors (Lipinski definition) is 2. The smallest absolute Gasteiger partial charge is 0.288 e. The highest BCUT2D eigenvalue weighted by molar-refractivity contribution is 6.46. The van der Waals surface area contributed by atoms with Crippen LogP contribution in [-0.2, 0) is 4.79 Å². The quantitative estimate of drug-likeness (QED) is 0.710. The van der Waals surface area contributed by atoms with Gasteiger partial charge in [-0.2, -0.15) is 0 Å². The molecule has 4 heteroatoms. The maximum absolute atomic E-state index is 12.3. The maximum atomic E-state index is 12.3. The lowest BCUT2D eigenvalue weighted by Crippen LogP contribution is -2.30.